The van der Waals surface area contributed by atoms with Crippen LogP contribution in [0.3, 0.4) is 0 Å². The summed E-state index contributed by atoms with van der Waals surface area (Å²) in [7, 11) is 0. The lowest BCUT2D eigenvalue weighted by Crippen LogP contribution is -2.40. The number of carboxylic acids is 1. The molecule has 4 nitrogen and oxygen atoms in total. The van der Waals surface area contributed by atoms with Gasteiger partial charge < -0.3 is 10.4 Å². The second-order valence-corrected chi connectivity index (χ2v) is 5.01. The zero-order valence-corrected chi connectivity index (χ0v) is 11.7. The number of benzene rings is 1. The van der Waals surface area contributed by atoms with Crippen LogP contribution in [0.5, 0.6) is 0 Å². The Morgan fingerprint density at radius 2 is 2.10 bits per heavy atom. The minimum atomic E-state index is -1.03. The number of carbonyl (C=O) groups is 2. The lowest BCUT2D eigenvalue weighted by Gasteiger charge is -2.15. The molecule has 1 aromatic carbocycles. The van der Waals surface area contributed by atoms with Crippen molar-refractivity contribution in [2.45, 2.75) is 39.2 Å². The summed E-state index contributed by atoms with van der Waals surface area (Å²) in [4.78, 5) is 22.6. The second kappa shape index (κ2) is 7.62. The fourth-order valence-electron chi connectivity index (χ4n) is 2.05. The van der Waals surface area contributed by atoms with E-state index in [1.54, 1.807) is 13.0 Å². The van der Waals surface area contributed by atoms with E-state index in [-0.39, 0.29) is 24.1 Å². The zero-order valence-electron chi connectivity index (χ0n) is 11.7. The van der Waals surface area contributed by atoms with Gasteiger partial charge in [0.1, 0.15) is 11.9 Å². The molecule has 0 aliphatic heterocycles. The summed E-state index contributed by atoms with van der Waals surface area (Å²) in [6.45, 7) is 3.58. The molecule has 20 heavy (non-hydrogen) atoms. The maximum atomic E-state index is 13.0. The number of carboxylic acid groups (broad SMARTS) is 1. The van der Waals surface area contributed by atoms with Crippen LogP contribution in [0.4, 0.5) is 4.39 Å². The van der Waals surface area contributed by atoms with E-state index in [0.29, 0.717) is 12.8 Å². The highest BCUT2D eigenvalue weighted by Crippen LogP contribution is 2.13. The van der Waals surface area contributed by atoms with E-state index in [0.717, 1.165) is 5.56 Å². The van der Waals surface area contributed by atoms with E-state index in [2.05, 4.69) is 5.32 Å². The van der Waals surface area contributed by atoms with Crippen molar-refractivity contribution in [2.75, 3.05) is 0 Å². The summed E-state index contributed by atoms with van der Waals surface area (Å²) in [6.07, 6.45) is 1.15. The Balaban J connectivity index is 2.47. The third-order valence-corrected chi connectivity index (χ3v) is 3.05. The van der Waals surface area contributed by atoms with Crippen molar-refractivity contribution >= 4 is 11.9 Å². The van der Waals surface area contributed by atoms with Crippen LogP contribution in [0.2, 0.25) is 0 Å². The number of halogens is 1. The van der Waals surface area contributed by atoms with Crippen molar-refractivity contribution in [3.63, 3.8) is 0 Å². The summed E-state index contributed by atoms with van der Waals surface area (Å²) < 4.78 is 13.0. The van der Waals surface area contributed by atoms with Gasteiger partial charge in [-0.15, -0.1) is 0 Å². The van der Waals surface area contributed by atoms with Crippen molar-refractivity contribution in [1.29, 1.82) is 0 Å². The molecule has 0 heterocycles. The Kier molecular flexibility index (Phi) is 6.15. The molecular formula is C15H20FNO3. The Hall–Kier alpha value is -1.91. The van der Waals surface area contributed by atoms with Crippen LogP contribution < -0.4 is 5.32 Å². The van der Waals surface area contributed by atoms with Gasteiger partial charge in [0.05, 0.1) is 0 Å². The van der Waals surface area contributed by atoms with Crippen LogP contribution in [0.25, 0.3) is 0 Å². The van der Waals surface area contributed by atoms with E-state index in [1.807, 2.05) is 13.0 Å². The van der Waals surface area contributed by atoms with Crippen molar-refractivity contribution < 1.29 is 19.1 Å². The lowest BCUT2D eigenvalue weighted by atomic mass is 9.97. The number of hydrogen-bond acceptors (Lipinski definition) is 2. The predicted octanol–water partition coefficient (Wildman–Crippen LogP) is 2.37. The molecule has 5 heteroatoms. The number of carbonyl (C=O) groups excluding carboxylic acids is 1. The highest BCUT2D eigenvalue weighted by molar-refractivity contribution is 5.83. The van der Waals surface area contributed by atoms with Gasteiger partial charge in [-0.1, -0.05) is 26.0 Å². The van der Waals surface area contributed by atoms with Crippen LogP contribution >= 0.6 is 0 Å². The van der Waals surface area contributed by atoms with Crippen LogP contribution in [0.1, 0.15) is 32.3 Å². The number of aliphatic carboxylic acids is 1. The predicted molar refractivity (Wildman–Crippen MR) is 73.7 cm³/mol. The first-order chi connectivity index (χ1) is 9.42. The Labute approximate surface area is 118 Å². The molecular weight excluding hydrogens is 261 g/mol. The van der Waals surface area contributed by atoms with Crippen LogP contribution in [0.15, 0.2) is 24.3 Å². The Bertz CT molecular complexity index is 476. The molecule has 0 radical (unpaired) electrons. The van der Waals surface area contributed by atoms with E-state index in [1.165, 1.54) is 12.1 Å². The summed E-state index contributed by atoms with van der Waals surface area (Å²) in [5.74, 6) is -1.60. The average Bonchev–Trinajstić information content (AvgIpc) is 2.35. The highest BCUT2D eigenvalue weighted by atomic mass is 19.1. The maximum absolute atomic E-state index is 13.0. The van der Waals surface area contributed by atoms with Gasteiger partial charge in [-0.3, -0.25) is 4.79 Å². The highest BCUT2D eigenvalue weighted by Gasteiger charge is 2.18. The molecule has 0 bridgehead atoms. The molecule has 2 atom stereocenters. The largest absolute Gasteiger partial charge is 0.480 e. The van der Waals surface area contributed by atoms with Crippen molar-refractivity contribution in [2.24, 2.45) is 5.92 Å². The minimum absolute atomic E-state index is 0.0168. The third-order valence-electron chi connectivity index (χ3n) is 3.05. The molecule has 1 amide bonds. The van der Waals surface area contributed by atoms with Gasteiger partial charge in [-0.25, -0.2) is 9.18 Å². The van der Waals surface area contributed by atoms with Crippen LogP contribution in [0, 0.1) is 11.7 Å². The quantitative estimate of drug-likeness (QED) is 0.806. The monoisotopic (exact) mass is 281 g/mol. The normalized spacial score (nSPS) is 13.6. The SMILES string of the molecule is CCC(NC(=O)CC(C)Cc1cccc(F)c1)C(=O)O. The van der Waals surface area contributed by atoms with Crippen LogP contribution in [-0.4, -0.2) is 23.0 Å². The maximum Gasteiger partial charge on any atom is 0.326 e. The van der Waals surface area contributed by atoms with Crippen molar-refractivity contribution in [3.8, 4) is 0 Å². The summed E-state index contributed by atoms with van der Waals surface area (Å²) in [6, 6.07) is 5.42. The fourth-order valence-corrected chi connectivity index (χ4v) is 2.05. The molecule has 0 saturated heterocycles. The van der Waals surface area contributed by atoms with Crippen LogP contribution in [-0.2, 0) is 16.0 Å². The molecule has 0 fully saturated rings. The average molecular weight is 281 g/mol. The molecule has 0 aromatic heterocycles. The summed E-state index contributed by atoms with van der Waals surface area (Å²) in [5.41, 5.74) is 0.829. The molecule has 0 aliphatic rings. The summed E-state index contributed by atoms with van der Waals surface area (Å²) in [5, 5.41) is 11.3. The lowest BCUT2D eigenvalue weighted by molar-refractivity contribution is -0.142. The molecule has 2 N–H and O–H groups in total. The van der Waals surface area contributed by atoms with Gasteiger partial charge in [0, 0.05) is 6.42 Å². The minimum Gasteiger partial charge on any atom is -0.480 e. The summed E-state index contributed by atoms with van der Waals surface area (Å²) >= 11 is 0. The van der Waals surface area contributed by atoms with Gasteiger partial charge in [0.15, 0.2) is 0 Å². The van der Waals surface area contributed by atoms with Gasteiger partial charge in [0.2, 0.25) is 5.91 Å². The molecule has 0 spiro atoms. The van der Waals surface area contributed by atoms with Gasteiger partial charge in [0.25, 0.3) is 0 Å². The van der Waals surface area contributed by atoms with E-state index < -0.39 is 12.0 Å². The standard InChI is InChI=1S/C15H20FNO3/c1-3-13(15(19)20)17-14(18)8-10(2)7-11-5-4-6-12(16)9-11/h4-6,9-10,13H,3,7-8H2,1-2H3,(H,17,18)(H,19,20). The first kappa shape index (κ1) is 16.1. The fraction of sp³-hybridized carbons (Fsp3) is 0.467. The molecule has 1 rings (SSSR count). The first-order valence-corrected chi connectivity index (χ1v) is 6.69. The van der Waals surface area contributed by atoms with Gasteiger partial charge in [-0.2, -0.15) is 0 Å². The molecule has 1 aromatic rings. The number of rotatable bonds is 7. The Morgan fingerprint density at radius 1 is 1.40 bits per heavy atom. The van der Waals surface area contributed by atoms with Gasteiger partial charge in [-0.05, 0) is 36.5 Å². The number of nitrogens with one attached hydrogen (secondary N) is 1. The van der Waals surface area contributed by atoms with Gasteiger partial charge >= 0.3 is 5.97 Å². The Morgan fingerprint density at radius 3 is 2.65 bits per heavy atom. The number of hydrogen-bond donors (Lipinski definition) is 2. The third kappa shape index (κ3) is 5.38. The van der Waals surface area contributed by atoms with Crippen molar-refractivity contribution in [1.82, 2.24) is 5.32 Å². The van der Waals surface area contributed by atoms with Crippen molar-refractivity contribution in [3.05, 3.63) is 35.6 Å². The molecule has 2 unspecified atom stereocenters. The molecule has 0 aliphatic carbocycles. The second-order valence-electron chi connectivity index (χ2n) is 5.01. The first-order valence-electron chi connectivity index (χ1n) is 6.69. The molecule has 110 valence electrons. The zero-order chi connectivity index (χ0) is 15.1. The topological polar surface area (TPSA) is 66.4 Å². The van der Waals surface area contributed by atoms with E-state index in [4.69, 9.17) is 5.11 Å². The van der Waals surface area contributed by atoms with E-state index in [9.17, 15) is 14.0 Å². The molecule has 0 saturated carbocycles. The smallest absolute Gasteiger partial charge is 0.326 e. The van der Waals surface area contributed by atoms with E-state index >= 15 is 0 Å². The number of amides is 1.